The van der Waals surface area contributed by atoms with Gasteiger partial charge in [-0.05, 0) is 36.9 Å². The molecule has 0 aromatic heterocycles. The minimum Gasteiger partial charge on any atom is -0.316 e. The Labute approximate surface area is 97.1 Å². The SMILES string of the molecule is CCC(=O)c1c(CNC)cccc1C1CC1. The fraction of sp³-hybridized carbons (Fsp3) is 0.500. The molecule has 86 valence electrons. The van der Waals surface area contributed by atoms with Gasteiger partial charge in [-0.25, -0.2) is 0 Å². The van der Waals surface area contributed by atoms with E-state index in [0.29, 0.717) is 12.3 Å². The first-order chi connectivity index (χ1) is 7.77. The van der Waals surface area contributed by atoms with Gasteiger partial charge >= 0.3 is 0 Å². The van der Waals surface area contributed by atoms with Crippen molar-refractivity contribution in [3.05, 3.63) is 34.9 Å². The Hall–Kier alpha value is -1.15. The number of carbonyl (C=O) groups excluding carboxylic acids is 1. The Morgan fingerprint density at radius 3 is 2.75 bits per heavy atom. The van der Waals surface area contributed by atoms with Gasteiger partial charge in [-0.2, -0.15) is 0 Å². The molecule has 0 spiro atoms. The van der Waals surface area contributed by atoms with Crippen LogP contribution in [0.2, 0.25) is 0 Å². The van der Waals surface area contributed by atoms with Gasteiger partial charge < -0.3 is 5.32 Å². The summed E-state index contributed by atoms with van der Waals surface area (Å²) in [6, 6.07) is 6.26. The van der Waals surface area contributed by atoms with Crippen molar-refractivity contribution < 1.29 is 4.79 Å². The Morgan fingerprint density at radius 1 is 1.44 bits per heavy atom. The van der Waals surface area contributed by atoms with E-state index in [2.05, 4.69) is 23.5 Å². The highest BCUT2D eigenvalue weighted by molar-refractivity contribution is 5.99. The molecule has 2 heteroatoms. The summed E-state index contributed by atoms with van der Waals surface area (Å²) in [7, 11) is 1.92. The van der Waals surface area contributed by atoms with Crippen molar-refractivity contribution in [1.82, 2.24) is 5.32 Å². The van der Waals surface area contributed by atoms with E-state index < -0.39 is 0 Å². The van der Waals surface area contributed by atoms with Crippen molar-refractivity contribution in [2.75, 3.05) is 7.05 Å². The number of benzene rings is 1. The van der Waals surface area contributed by atoms with Gasteiger partial charge in [-0.15, -0.1) is 0 Å². The Morgan fingerprint density at radius 2 is 2.19 bits per heavy atom. The highest BCUT2D eigenvalue weighted by Crippen LogP contribution is 2.42. The van der Waals surface area contributed by atoms with Crippen molar-refractivity contribution in [3.63, 3.8) is 0 Å². The first-order valence-electron chi connectivity index (χ1n) is 6.07. The molecule has 0 saturated heterocycles. The van der Waals surface area contributed by atoms with Gasteiger partial charge in [0.15, 0.2) is 5.78 Å². The fourth-order valence-electron chi connectivity index (χ4n) is 2.21. The highest BCUT2D eigenvalue weighted by atomic mass is 16.1. The standard InChI is InChI=1S/C14H19NO/c1-3-13(16)14-11(9-15-2)5-4-6-12(14)10-7-8-10/h4-6,10,15H,3,7-9H2,1-2H3. The van der Waals surface area contributed by atoms with Crippen molar-refractivity contribution in [2.45, 2.75) is 38.6 Å². The van der Waals surface area contributed by atoms with Crippen LogP contribution in [0.15, 0.2) is 18.2 Å². The van der Waals surface area contributed by atoms with Crippen LogP contribution in [0.3, 0.4) is 0 Å². The van der Waals surface area contributed by atoms with Crippen molar-refractivity contribution in [1.29, 1.82) is 0 Å². The van der Waals surface area contributed by atoms with Gasteiger partial charge in [0.1, 0.15) is 0 Å². The fourth-order valence-corrected chi connectivity index (χ4v) is 2.21. The summed E-state index contributed by atoms with van der Waals surface area (Å²) >= 11 is 0. The monoisotopic (exact) mass is 217 g/mol. The molecule has 16 heavy (non-hydrogen) atoms. The zero-order chi connectivity index (χ0) is 11.5. The second-order valence-electron chi connectivity index (χ2n) is 4.46. The normalized spacial score (nSPS) is 15.1. The topological polar surface area (TPSA) is 29.1 Å². The third-order valence-electron chi connectivity index (χ3n) is 3.17. The molecule has 0 heterocycles. The molecule has 1 aliphatic carbocycles. The zero-order valence-electron chi connectivity index (χ0n) is 10.0. The third-order valence-corrected chi connectivity index (χ3v) is 3.17. The van der Waals surface area contributed by atoms with Gasteiger partial charge in [0.05, 0.1) is 0 Å². The Kier molecular flexibility index (Phi) is 3.39. The lowest BCUT2D eigenvalue weighted by molar-refractivity contribution is 0.0986. The molecule has 0 amide bonds. The van der Waals surface area contributed by atoms with Crippen molar-refractivity contribution >= 4 is 5.78 Å². The molecule has 2 rings (SSSR count). The predicted molar refractivity (Wildman–Crippen MR) is 65.8 cm³/mol. The van der Waals surface area contributed by atoms with Gasteiger partial charge in [-0.1, -0.05) is 25.1 Å². The lowest BCUT2D eigenvalue weighted by Crippen LogP contribution is -2.12. The van der Waals surface area contributed by atoms with Gasteiger partial charge in [0.25, 0.3) is 0 Å². The number of carbonyl (C=O) groups is 1. The zero-order valence-corrected chi connectivity index (χ0v) is 10.0. The summed E-state index contributed by atoms with van der Waals surface area (Å²) in [6.07, 6.45) is 3.08. The van der Waals surface area contributed by atoms with E-state index >= 15 is 0 Å². The van der Waals surface area contributed by atoms with E-state index in [9.17, 15) is 4.79 Å². The largest absolute Gasteiger partial charge is 0.316 e. The van der Waals surface area contributed by atoms with E-state index in [0.717, 1.165) is 17.7 Å². The van der Waals surface area contributed by atoms with E-state index in [1.807, 2.05) is 14.0 Å². The van der Waals surface area contributed by atoms with Crippen LogP contribution in [0.25, 0.3) is 0 Å². The minimum absolute atomic E-state index is 0.285. The molecule has 0 radical (unpaired) electrons. The molecular formula is C14H19NO. The second kappa shape index (κ2) is 4.79. The van der Waals surface area contributed by atoms with Crippen molar-refractivity contribution in [3.8, 4) is 0 Å². The molecule has 0 bridgehead atoms. The molecule has 1 saturated carbocycles. The quantitative estimate of drug-likeness (QED) is 0.768. The first kappa shape index (κ1) is 11.3. The molecule has 0 atom stereocenters. The summed E-state index contributed by atoms with van der Waals surface area (Å²) in [4.78, 5) is 12.0. The molecule has 1 aliphatic rings. The highest BCUT2D eigenvalue weighted by Gasteiger charge is 2.28. The maximum absolute atomic E-state index is 12.0. The minimum atomic E-state index is 0.285. The lowest BCUT2D eigenvalue weighted by Gasteiger charge is -2.12. The lowest BCUT2D eigenvalue weighted by atomic mass is 9.93. The molecule has 0 unspecified atom stereocenters. The Balaban J connectivity index is 2.43. The smallest absolute Gasteiger partial charge is 0.163 e. The van der Waals surface area contributed by atoms with E-state index in [1.165, 1.54) is 18.4 Å². The van der Waals surface area contributed by atoms with Crippen LogP contribution in [0.4, 0.5) is 0 Å². The van der Waals surface area contributed by atoms with Crippen LogP contribution in [0.5, 0.6) is 0 Å². The van der Waals surface area contributed by atoms with Gasteiger partial charge in [0, 0.05) is 18.5 Å². The Bertz CT molecular complexity index is 394. The third kappa shape index (κ3) is 2.17. The molecule has 2 nitrogen and oxygen atoms in total. The van der Waals surface area contributed by atoms with Gasteiger partial charge in [0.2, 0.25) is 0 Å². The summed E-state index contributed by atoms with van der Waals surface area (Å²) in [6.45, 7) is 2.72. The van der Waals surface area contributed by atoms with Crippen LogP contribution in [-0.2, 0) is 6.54 Å². The predicted octanol–water partition coefficient (Wildman–Crippen LogP) is 2.88. The molecule has 1 aromatic carbocycles. The molecule has 1 aromatic rings. The van der Waals surface area contributed by atoms with Crippen LogP contribution in [0.1, 0.15) is 53.6 Å². The van der Waals surface area contributed by atoms with E-state index in [-0.39, 0.29) is 5.78 Å². The summed E-state index contributed by atoms with van der Waals surface area (Å²) in [5, 5.41) is 3.14. The molecule has 0 aliphatic heterocycles. The van der Waals surface area contributed by atoms with Crippen LogP contribution in [0, 0.1) is 0 Å². The number of nitrogens with one attached hydrogen (secondary N) is 1. The summed E-state index contributed by atoms with van der Waals surface area (Å²) in [5.74, 6) is 0.926. The van der Waals surface area contributed by atoms with Crippen molar-refractivity contribution in [2.24, 2.45) is 0 Å². The molecule has 1 fully saturated rings. The summed E-state index contributed by atoms with van der Waals surface area (Å²) in [5.41, 5.74) is 3.42. The average Bonchev–Trinajstić information content (AvgIpc) is 3.12. The molecule has 1 N–H and O–H groups in total. The second-order valence-corrected chi connectivity index (χ2v) is 4.46. The average molecular weight is 217 g/mol. The number of hydrogen-bond acceptors (Lipinski definition) is 2. The van der Waals surface area contributed by atoms with E-state index in [4.69, 9.17) is 0 Å². The number of rotatable bonds is 5. The van der Waals surface area contributed by atoms with Crippen LogP contribution >= 0.6 is 0 Å². The number of Topliss-reactive ketones (excluding diaryl/α,β-unsaturated/α-hetero) is 1. The first-order valence-corrected chi connectivity index (χ1v) is 6.07. The maximum Gasteiger partial charge on any atom is 0.163 e. The summed E-state index contributed by atoms with van der Waals surface area (Å²) < 4.78 is 0. The number of ketones is 1. The maximum atomic E-state index is 12.0. The van der Waals surface area contributed by atoms with Crippen LogP contribution < -0.4 is 5.32 Å². The number of hydrogen-bond donors (Lipinski definition) is 1. The van der Waals surface area contributed by atoms with Gasteiger partial charge in [-0.3, -0.25) is 4.79 Å². The molecular weight excluding hydrogens is 198 g/mol. The van der Waals surface area contributed by atoms with Crippen LogP contribution in [-0.4, -0.2) is 12.8 Å². The van der Waals surface area contributed by atoms with E-state index in [1.54, 1.807) is 0 Å².